The topological polar surface area (TPSA) is 83.0 Å². The SMILES string of the molecule is CN(C)c1nc(NCc2ccc(NC(=O)c3ccc(Cl)nc3)cc2)c2ccccc2n1. The van der Waals surface area contributed by atoms with E-state index in [2.05, 4.69) is 25.6 Å². The van der Waals surface area contributed by atoms with Crippen molar-refractivity contribution in [2.24, 2.45) is 0 Å². The maximum absolute atomic E-state index is 12.3. The second-order valence-electron chi connectivity index (χ2n) is 7.16. The minimum Gasteiger partial charge on any atom is -0.365 e. The lowest BCUT2D eigenvalue weighted by Gasteiger charge is -2.15. The number of anilines is 3. The first-order valence-corrected chi connectivity index (χ1v) is 10.1. The third kappa shape index (κ3) is 4.90. The first kappa shape index (κ1) is 20.6. The van der Waals surface area contributed by atoms with Crippen molar-refractivity contribution in [3.63, 3.8) is 0 Å². The highest BCUT2D eigenvalue weighted by Crippen LogP contribution is 2.23. The number of nitrogens with one attached hydrogen (secondary N) is 2. The van der Waals surface area contributed by atoms with Crippen LogP contribution in [0.15, 0.2) is 66.9 Å². The van der Waals surface area contributed by atoms with Crippen molar-refractivity contribution in [1.82, 2.24) is 15.0 Å². The highest BCUT2D eigenvalue weighted by atomic mass is 35.5. The average Bonchev–Trinajstić information content (AvgIpc) is 2.78. The second-order valence-corrected chi connectivity index (χ2v) is 7.55. The summed E-state index contributed by atoms with van der Waals surface area (Å²) in [4.78, 5) is 27.3. The van der Waals surface area contributed by atoms with Crippen LogP contribution in [0.2, 0.25) is 5.15 Å². The van der Waals surface area contributed by atoms with E-state index >= 15 is 0 Å². The van der Waals surface area contributed by atoms with Gasteiger partial charge in [-0.1, -0.05) is 35.9 Å². The number of amides is 1. The summed E-state index contributed by atoms with van der Waals surface area (Å²) in [6, 6.07) is 18.8. The monoisotopic (exact) mass is 432 g/mol. The first-order chi connectivity index (χ1) is 15.0. The van der Waals surface area contributed by atoms with E-state index in [4.69, 9.17) is 11.6 Å². The molecule has 0 fully saturated rings. The molecule has 2 heterocycles. The van der Waals surface area contributed by atoms with E-state index in [0.29, 0.717) is 28.9 Å². The second kappa shape index (κ2) is 8.97. The Labute approximate surface area is 185 Å². The molecule has 0 unspecified atom stereocenters. The Morgan fingerprint density at radius 3 is 2.48 bits per heavy atom. The number of pyridine rings is 1. The van der Waals surface area contributed by atoms with Gasteiger partial charge in [-0.25, -0.2) is 9.97 Å². The summed E-state index contributed by atoms with van der Waals surface area (Å²) in [5.41, 5.74) is 3.09. The van der Waals surface area contributed by atoms with Crippen LogP contribution in [-0.4, -0.2) is 35.0 Å². The Morgan fingerprint density at radius 1 is 1.00 bits per heavy atom. The van der Waals surface area contributed by atoms with Crippen molar-refractivity contribution in [1.29, 1.82) is 0 Å². The van der Waals surface area contributed by atoms with E-state index < -0.39 is 0 Å². The largest absolute Gasteiger partial charge is 0.365 e. The number of carbonyl (C=O) groups excluding carboxylic acids is 1. The zero-order valence-corrected chi connectivity index (χ0v) is 17.9. The van der Waals surface area contributed by atoms with Crippen LogP contribution in [0.25, 0.3) is 10.9 Å². The van der Waals surface area contributed by atoms with E-state index in [0.717, 1.165) is 22.3 Å². The van der Waals surface area contributed by atoms with Gasteiger partial charge < -0.3 is 15.5 Å². The van der Waals surface area contributed by atoms with Crippen LogP contribution in [0.4, 0.5) is 17.5 Å². The number of benzene rings is 2. The third-order valence-corrected chi connectivity index (χ3v) is 4.88. The van der Waals surface area contributed by atoms with Crippen molar-refractivity contribution in [3.8, 4) is 0 Å². The first-order valence-electron chi connectivity index (χ1n) is 9.69. The lowest BCUT2D eigenvalue weighted by atomic mass is 10.2. The molecular weight excluding hydrogens is 412 g/mol. The molecule has 0 saturated heterocycles. The maximum Gasteiger partial charge on any atom is 0.257 e. The van der Waals surface area contributed by atoms with E-state index in [1.807, 2.05) is 67.5 Å². The number of fused-ring (bicyclic) bond motifs is 1. The number of rotatable bonds is 6. The zero-order valence-electron chi connectivity index (χ0n) is 17.1. The van der Waals surface area contributed by atoms with Gasteiger partial charge in [0.25, 0.3) is 5.91 Å². The van der Waals surface area contributed by atoms with Gasteiger partial charge in [-0.05, 0) is 42.0 Å². The van der Waals surface area contributed by atoms with Crippen molar-refractivity contribution < 1.29 is 4.79 Å². The smallest absolute Gasteiger partial charge is 0.257 e. The number of hydrogen-bond donors (Lipinski definition) is 2. The summed E-state index contributed by atoms with van der Waals surface area (Å²) < 4.78 is 0. The van der Waals surface area contributed by atoms with Crippen molar-refractivity contribution in [2.45, 2.75) is 6.54 Å². The van der Waals surface area contributed by atoms with E-state index in [-0.39, 0.29) is 5.91 Å². The molecule has 7 nitrogen and oxygen atoms in total. The molecule has 2 aromatic heterocycles. The van der Waals surface area contributed by atoms with Gasteiger partial charge in [0.2, 0.25) is 5.95 Å². The number of para-hydroxylation sites is 1. The Bertz CT molecular complexity index is 1210. The summed E-state index contributed by atoms with van der Waals surface area (Å²) in [5, 5.41) is 7.57. The van der Waals surface area contributed by atoms with Crippen LogP contribution < -0.4 is 15.5 Å². The molecule has 0 aliphatic rings. The predicted molar refractivity (Wildman–Crippen MR) is 125 cm³/mol. The molecule has 1 amide bonds. The van der Waals surface area contributed by atoms with Crippen molar-refractivity contribution >= 4 is 45.9 Å². The van der Waals surface area contributed by atoms with Gasteiger partial charge in [0, 0.05) is 37.9 Å². The fourth-order valence-electron chi connectivity index (χ4n) is 3.00. The number of nitrogens with zero attached hydrogens (tertiary/aromatic N) is 4. The Balaban J connectivity index is 1.45. The molecule has 2 aromatic carbocycles. The summed E-state index contributed by atoms with van der Waals surface area (Å²) in [6.07, 6.45) is 1.45. The lowest BCUT2D eigenvalue weighted by Crippen LogP contribution is -2.14. The molecule has 156 valence electrons. The third-order valence-electron chi connectivity index (χ3n) is 4.65. The van der Waals surface area contributed by atoms with Gasteiger partial charge in [-0.2, -0.15) is 4.98 Å². The normalized spacial score (nSPS) is 10.7. The van der Waals surface area contributed by atoms with Crippen molar-refractivity contribution in [2.75, 3.05) is 29.6 Å². The van der Waals surface area contributed by atoms with E-state index in [1.165, 1.54) is 6.20 Å². The molecular formula is C23H21ClN6O. The zero-order chi connectivity index (χ0) is 21.8. The minimum absolute atomic E-state index is 0.237. The van der Waals surface area contributed by atoms with Crippen LogP contribution in [0.5, 0.6) is 0 Å². The van der Waals surface area contributed by atoms with Gasteiger partial charge in [-0.15, -0.1) is 0 Å². The summed E-state index contributed by atoms with van der Waals surface area (Å²) in [7, 11) is 3.84. The number of aromatic nitrogens is 3. The van der Waals surface area contributed by atoms with Crippen molar-refractivity contribution in [3.05, 3.63) is 83.1 Å². The molecule has 0 aliphatic carbocycles. The average molecular weight is 433 g/mol. The van der Waals surface area contributed by atoms with Gasteiger partial charge in [0.05, 0.1) is 11.1 Å². The molecule has 0 bridgehead atoms. The maximum atomic E-state index is 12.3. The Morgan fingerprint density at radius 2 is 1.77 bits per heavy atom. The number of carbonyl (C=O) groups is 1. The molecule has 4 rings (SSSR count). The van der Waals surface area contributed by atoms with Gasteiger partial charge >= 0.3 is 0 Å². The van der Waals surface area contributed by atoms with E-state index in [9.17, 15) is 4.79 Å². The molecule has 8 heteroatoms. The summed E-state index contributed by atoms with van der Waals surface area (Å²) in [6.45, 7) is 0.587. The molecule has 0 radical (unpaired) electrons. The quantitative estimate of drug-likeness (QED) is 0.433. The van der Waals surface area contributed by atoms with Crippen LogP contribution in [0.1, 0.15) is 15.9 Å². The number of hydrogen-bond acceptors (Lipinski definition) is 6. The minimum atomic E-state index is -0.237. The van der Waals surface area contributed by atoms with Gasteiger partial charge in [0.15, 0.2) is 0 Å². The van der Waals surface area contributed by atoms with E-state index in [1.54, 1.807) is 12.1 Å². The molecule has 31 heavy (non-hydrogen) atoms. The Hall–Kier alpha value is -3.71. The standard InChI is InChI=1S/C23H21ClN6O/c1-30(2)23-28-19-6-4-3-5-18(19)21(29-23)26-13-15-7-10-17(11-8-15)27-22(31)16-9-12-20(24)25-14-16/h3-12,14H,13H2,1-2H3,(H,27,31)(H,26,28,29). The van der Waals surface area contributed by atoms with Gasteiger partial charge in [-0.3, -0.25) is 4.79 Å². The molecule has 4 aromatic rings. The van der Waals surface area contributed by atoms with Crippen LogP contribution >= 0.6 is 11.6 Å². The fourth-order valence-corrected chi connectivity index (χ4v) is 3.12. The molecule has 2 N–H and O–H groups in total. The molecule has 0 atom stereocenters. The highest BCUT2D eigenvalue weighted by Gasteiger charge is 2.09. The molecule has 0 aliphatic heterocycles. The highest BCUT2D eigenvalue weighted by molar-refractivity contribution is 6.29. The number of halogens is 1. The predicted octanol–water partition coefficient (Wildman–Crippen LogP) is 4.61. The van der Waals surface area contributed by atoms with Crippen LogP contribution in [0, 0.1) is 0 Å². The molecule has 0 spiro atoms. The summed E-state index contributed by atoms with van der Waals surface area (Å²) in [5.74, 6) is 1.19. The van der Waals surface area contributed by atoms with Gasteiger partial charge in [0.1, 0.15) is 11.0 Å². The van der Waals surface area contributed by atoms with Crippen LogP contribution in [-0.2, 0) is 6.54 Å². The summed E-state index contributed by atoms with van der Waals surface area (Å²) >= 11 is 5.77. The Kier molecular flexibility index (Phi) is 5.95. The fraction of sp³-hybridized carbons (Fsp3) is 0.130. The van der Waals surface area contributed by atoms with Crippen LogP contribution in [0.3, 0.4) is 0 Å². The molecule has 0 saturated carbocycles. The lowest BCUT2D eigenvalue weighted by molar-refractivity contribution is 0.102.